The number of nitrogens with one attached hydrogen (secondary N) is 2. The van der Waals surface area contributed by atoms with Crippen LogP contribution in [0.4, 0.5) is 18.9 Å². The van der Waals surface area contributed by atoms with Crippen molar-refractivity contribution < 1.29 is 26.3 Å². The minimum Gasteiger partial charge on any atom is -0.490 e. The Labute approximate surface area is 201 Å². The number of nitrogens with zero attached hydrogens (tertiary/aromatic N) is 1. The van der Waals surface area contributed by atoms with Gasteiger partial charge in [-0.3, -0.25) is 9.71 Å². The molecule has 0 amide bonds. The molecule has 3 aromatic carbocycles. The van der Waals surface area contributed by atoms with Gasteiger partial charge >= 0.3 is 15.5 Å². The van der Waals surface area contributed by atoms with Gasteiger partial charge in [0, 0.05) is 5.56 Å². The largest absolute Gasteiger partial charge is 0.516 e. The molecule has 0 aliphatic carbocycles. The van der Waals surface area contributed by atoms with E-state index in [1.807, 2.05) is 0 Å². The molecule has 1 fully saturated rings. The van der Waals surface area contributed by atoms with Crippen molar-refractivity contribution in [2.24, 2.45) is 5.73 Å². The molecule has 1 aliphatic rings. The standard InChI is InChI=1S/C24H25F3N4O3S/c25-24(26,27)35(32,33)31(20-5-7-21(8-6-20)34-22-9-11-30-12-10-22)15-16-1-2-17-3-4-18(23(28)29)14-19(17)13-16/h1-8,13-14,22,30H,9-12,15H2,(H3,28,29). The normalized spacial score (nSPS) is 15.2. The van der Waals surface area contributed by atoms with E-state index in [1.165, 1.54) is 24.3 Å². The molecular formula is C24H25F3N4O3S. The SMILES string of the molecule is N=C(N)c1ccc2ccc(CN(c3ccc(OC4CCNCC4)cc3)S(=O)(=O)C(F)(F)F)cc2c1. The van der Waals surface area contributed by atoms with Gasteiger partial charge in [0.2, 0.25) is 0 Å². The van der Waals surface area contributed by atoms with E-state index >= 15 is 0 Å². The van der Waals surface area contributed by atoms with E-state index in [9.17, 15) is 21.6 Å². The third kappa shape index (κ3) is 5.51. The Morgan fingerprint density at radius 1 is 1.03 bits per heavy atom. The maximum atomic E-state index is 13.6. The van der Waals surface area contributed by atoms with Gasteiger partial charge in [-0.2, -0.15) is 21.6 Å². The lowest BCUT2D eigenvalue weighted by molar-refractivity contribution is -0.0438. The monoisotopic (exact) mass is 506 g/mol. The Bertz CT molecular complexity index is 1320. The Morgan fingerprint density at radius 3 is 2.31 bits per heavy atom. The molecule has 1 saturated heterocycles. The smallest absolute Gasteiger partial charge is 0.490 e. The van der Waals surface area contributed by atoms with Gasteiger partial charge in [-0.05, 0) is 78.7 Å². The second kappa shape index (κ2) is 9.74. The second-order valence-corrected chi connectivity index (χ2v) is 10.2. The molecule has 4 rings (SSSR count). The summed E-state index contributed by atoms with van der Waals surface area (Å²) in [5, 5.41) is 12.2. The van der Waals surface area contributed by atoms with Crippen molar-refractivity contribution in [2.75, 3.05) is 17.4 Å². The number of rotatable bonds is 7. The van der Waals surface area contributed by atoms with Gasteiger partial charge in [0.25, 0.3) is 0 Å². The number of anilines is 1. The summed E-state index contributed by atoms with van der Waals surface area (Å²) in [5.41, 5.74) is 0.735. The quantitative estimate of drug-likeness (QED) is 0.330. The van der Waals surface area contributed by atoms with Gasteiger partial charge in [0.05, 0.1) is 12.2 Å². The fraction of sp³-hybridized carbons (Fsp3) is 0.292. The molecule has 1 aliphatic heterocycles. The fourth-order valence-corrected chi connectivity index (χ4v) is 4.93. The third-order valence-electron chi connectivity index (χ3n) is 5.84. The zero-order valence-corrected chi connectivity index (χ0v) is 19.5. The van der Waals surface area contributed by atoms with E-state index < -0.39 is 22.1 Å². The summed E-state index contributed by atoms with van der Waals surface area (Å²) in [4.78, 5) is 0. The summed E-state index contributed by atoms with van der Waals surface area (Å²) in [7, 11) is -5.67. The number of ether oxygens (including phenoxy) is 1. The summed E-state index contributed by atoms with van der Waals surface area (Å²) >= 11 is 0. The predicted molar refractivity (Wildman–Crippen MR) is 129 cm³/mol. The number of alkyl halides is 3. The van der Waals surface area contributed by atoms with Crippen LogP contribution in [0.5, 0.6) is 5.75 Å². The Balaban J connectivity index is 1.65. The van der Waals surface area contributed by atoms with Gasteiger partial charge in [-0.15, -0.1) is 0 Å². The minimum atomic E-state index is -5.67. The van der Waals surface area contributed by atoms with Crippen LogP contribution in [0, 0.1) is 5.41 Å². The van der Waals surface area contributed by atoms with Crippen molar-refractivity contribution in [3.8, 4) is 5.75 Å². The van der Waals surface area contributed by atoms with Crippen molar-refractivity contribution in [1.29, 1.82) is 5.41 Å². The highest BCUT2D eigenvalue weighted by Crippen LogP contribution is 2.34. The number of hydrogen-bond acceptors (Lipinski definition) is 5. The number of nitrogens with two attached hydrogens (primary N) is 1. The van der Waals surface area contributed by atoms with Gasteiger partial charge in [-0.25, -0.2) is 0 Å². The lowest BCUT2D eigenvalue weighted by Gasteiger charge is -2.27. The number of sulfonamides is 1. The minimum absolute atomic E-state index is 0.00500. The van der Waals surface area contributed by atoms with Crippen LogP contribution in [0.3, 0.4) is 0 Å². The molecule has 0 radical (unpaired) electrons. The van der Waals surface area contributed by atoms with Crippen LogP contribution >= 0.6 is 0 Å². The molecule has 35 heavy (non-hydrogen) atoms. The number of piperidine rings is 1. The van der Waals surface area contributed by atoms with Gasteiger partial charge < -0.3 is 15.8 Å². The molecule has 0 spiro atoms. The molecule has 186 valence electrons. The highest BCUT2D eigenvalue weighted by Gasteiger charge is 2.50. The van der Waals surface area contributed by atoms with Crippen LogP contribution in [0.2, 0.25) is 0 Å². The average molecular weight is 507 g/mol. The summed E-state index contributed by atoms with van der Waals surface area (Å²) in [5.74, 6) is 0.317. The number of nitrogen functional groups attached to an aromatic ring is 1. The Kier molecular flexibility index (Phi) is 6.91. The summed E-state index contributed by atoms with van der Waals surface area (Å²) < 4.78 is 71.9. The second-order valence-electron chi connectivity index (χ2n) is 8.33. The summed E-state index contributed by atoms with van der Waals surface area (Å²) in [6.07, 6.45) is 1.61. The molecule has 7 nitrogen and oxygen atoms in total. The van der Waals surface area contributed by atoms with Gasteiger partial charge in [0.15, 0.2) is 0 Å². The van der Waals surface area contributed by atoms with E-state index in [0.29, 0.717) is 26.6 Å². The molecule has 0 atom stereocenters. The summed E-state index contributed by atoms with van der Waals surface area (Å²) in [6.45, 7) is 1.11. The highest BCUT2D eigenvalue weighted by molar-refractivity contribution is 7.93. The van der Waals surface area contributed by atoms with E-state index in [2.05, 4.69) is 5.32 Å². The number of halogens is 3. The first kappa shape index (κ1) is 24.8. The lowest BCUT2D eigenvalue weighted by atomic mass is 10.0. The van der Waals surface area contributed by atoms with E-state index in [0.717, 1.165) is 31.3 Å². The number of fused-ring (bicyclic) bond motifs is 1. The van der Waals surface area contributed by atoms with Gasteiger partial charge in [-0.1, -0.05) is 24.3 Å². The average Bonchev–Trinajstić information content (AvgIpc) is 2.82. The van der Waals surface area contributed by atoms with E-state index in [-0.39, 0.29) is 17.6 Å². The first-order valence-corrected chi connectivity index (χ1v) is 12.4. The van der Waals surface area contributed by atoms with Crippen molar-refractivity contribution in [1.82, 2.24) is 5.32 Å². The maximum absolute atomic E-state index is 13.6. The third-order valence-corrected chi connectivity index (χ3v) is 7.34. The number of benzene rings is 3. The van der Waals surface area contributed by atoms with Crippen molar-refractivity contribution in [3.63, 3.8) is 0 Å². The fourth-order valence-electron chi connectivity index (χ4n) is 3.96. The molecule has 0 unspecified atom stereocenters. The van der Waals surface area contributed by atoms with Crippen LogP contribution in [0.1, 0.15) is 24.0 Å². The first-order chi connectivity index (χ1) is 16.5. The first-order valence-electron chi connectivity index (χ1n) is 11.0. The number of hydrogen-bond donors (Lipinski definition) is 3. The summed E-state index contributed by atoms with van der Waals surface area (Å²) in [6, 6.07) is 15.5. The zero-order valence-electron chi connectivity index (χ0n) is 18.7. The van der Waals surface area contributed by atoms with Crippen LogP contribution < -0.4 is 20.1 Å². The topological polar surface area (TPSA) is 109 Å². The van der Waals surface area contributed by atoms with Crippen LogP contribution in [0.15, 0.2) is 60.7 Å². The van der Waals surface area contributed by atoms with Gasteiger partial charge in [0.1, 0.15) is 17.7 Å². The maximum Gasteiger partial charge on any atom is 0.516 e. The molecule has 11 heteroatoms. The van der Waals surface area contributed by atoms with E-state index in [4.69, 9.17) is 15.9 Å². The Hall–Kier alpha value is -3.31. The van der Waals surface area contributed by atoms with Crippen molar-refractivity contribution in [3.05, 3.63) is 71.8 Å². The lowest BCUT2D eigenvalue weighted by Crippen LogP contribution is -2.40. The zero-order chi connectivity index (χ0) is 25.2. The molecule has 0 bridgehead atoms. The van der Waals surface area contributed by atoms with Crippen LogP contribution in [-0.4, -0.2) is 39.0 Å². The molecule has 1 heterocycles. The van der Waals surface area contributed by atoms with Crippen molar-refractivity contribution in [2.45, 2.75) is 31.0 Å². The molecule has 4 N–H and O–H groups in total. The highest BCUT2D eigenvalue weighted by atomic mass is 32.2. The van der Waals surface area contributed by atoms with Crippen LogP contribution in [0.25, 0.3) is 10.8 Å². The molecule has 0 aromatic heterocycles. The molecule has 3 aromatic rings. The molecule has 0 saturated carbocycles. The number of amidine groups is 1. The van der Waals surface area contributed by atoms with Crippen LogP contribution in [-0.2, 0) is 16.6 Å². The van der Waals surface area contributed by atoms with E-state index in [1.54, 1.807) is 36.4 Å². The Morgan fingerprint density at radius 2 is 1.69 bits per heavy atom. The van der Waals surface area contributed by atoms with Crippen molar-refractivity contribution >= 4 is 32.3 Å². The molecular weight excluding hydrogens is 481 g/mol. The predicted octanol–water partition coefficient (Wildman–Crippen LogP) is 4.11.